The number of carbonyl (C=O) groups excluding carboxylic acids is 2. The summed E-state index contributed by atoms with van der Waals surface area (Å²) in [7, 11) is 3.58. The molecule has 2 amide bonds. The Kier molecular flexibility index (Phi) is 6.02. The van der Waals surface area contributed by atoms with Crippen molar-refractivity contribution in [1.29, 1.82) is 0 Å². The molecule has 26 heavy (non-hydrogen) atoms. The van der Waals surface area contributed by atoms with Gasteiger partial charge in [0.05, 0.1) is 17.2 Å². The number of amides is 2. The van der Waals surface area contributed by atoms with E-state index in [2.05, 4.69) is 10.6 Å². The maximum atomic E-state index is 13.3. The van der Waals surface area contributed by atoms with E-state index in [4.69, 9.17) is 4.42 Å². The van der Waals surface area contributed by atoms with Crippen LogP contribution < -0.4 is 10.6 Å². The van der Waals surface area contributed by atoms with Gasteiger partial charge in [0, 0.05) is 18.3 Å². The Morgan fingerprint density at radius 1 is 1.31 bits per heavy atom. The van der Waals surface area contributed by atoms with Crippen LogP contribution in [0.3, 0.4) is 0 Å². The number of nitrogens with zero attached hydrogens (tertiary/aromatic N) is 2. The third kappa shape index (κ3) is 4.63. The zero-order valence-corrected chi connectivity index (χ0v) is 14.1. The van der Waals surface area contributed by atoms with E-state index >= 15 is 0 Å². The highest BCUT2D eigenvalue weighted by molar-refractivity contribution is 6.39. The number of anilines is 1. The Hall–Kier alpha value is -3.27. The summed E-state index contributed by atoms with van der Waals surface area (Å²) >= 11 is 0. The summed E-state index contributed by atoms with van der Waals surface area (Å²) in [5, 5.41) is 15.4. The van der Waals surface area contributed by atoms with Gasteiger partial charge in [-0.1, -0.05) is 0 Å². The maximum absolute atomic E-state index is 13.3. The smallest absolute Gasteiger partial charge is 0.313 e. The number of nitro groups is 1. The highest BCUT2D eigenvalue weighted by Crippen LogP contribution is 2.21. The second-order valence-electron chi connectivity index (χ2n) is 5.58. The fourth-order valence-corrected chi connectivity index (χ4v) is 2.21. The summed E-state index contributed by atoms with van der Waals surface area (Å²) in [6.45, 7) is 0.107. The minimum atomic E-state index is -1.04. The van der Waals surface area contributed by atoms with Crippen molar-refractivity contribution in [3.63, 3.8) is 0 Å². The largest absolute Gasteiger partial charge is 0.468 e. The van der Waals surface area contributed by atoms with Crippen LogP contribution in [0.1, 0.15) is 11.8 Å². The first-order valence-corrected chi connectivity index (χ1v) is 7.52. The third-order valence-corrected chi connectivity index (χ3v) is 3.56. The molecule has 10 heteroatoms. The Bertz CT molecular complexity index is 807. The topological polar surface area (TPSA) is 118 Å². The van der Waals surface area contributed by atoms with Crippen molar-refractivity contribution in [3.8, 4) is 0 Å². The lowest BCUT2D eigenvalue weighted by molar-refractivity contribution is -0.387. The van der Waals surface area contributed by atoms with Gasteiger partial charge >= 0.3 is 17.5 Å². The first-order chi connectivity index (χ1) is 12.3. The summed E-state index contributed by atoms with van der Waals surface area (Å²) in [5.74, 6) is -2.38. The summed E-state index contributed by atoms with van der Waals surface area (Å²) in [6.07, 6.45) is 1.50. The number of hydrogen-bond acceptors (Lipinski definition) is 6. The van der Waals surface area contributed by atoms with Crippen molar-refractivity contribution < 1.29 is 23.3 Å². The van der Waals surface area contributed by atoms with Crippen molar-refractivity contribution in [2.24, 2.45) is 0 Å². The third-order valence-electron chi connectivity index (χ3n) is 3.56. The van der Waals surface area contributed by atoms with Crippen LogP contribution in [0.2, 0.25) is 0 Å². The zero-order chi connectivity index (χ0) is 19.3. The fourth-order valence-electron chi connectivity index (χ4n) is 2.21. The Morgan fingerprint density at radius 3 is 2.62 bits per heavy atom. The van der Waals surface area contributed by atoms with Gasteiger partial charge in [0.15, 0.2) is 0 Å². The molecule has 1 atom stereocenters. The highest BCUT2D eigenvalue weighted by Gasteiger charge is 2.21. The van der Waals surface area contributed by atoms with Crippen molar-refractivity contribution >= 4 is 23.2 Å². The average molecular weight is 364 g/mol. The monoisotopic (exact) mass is 364 g/mol. The van der Waals surface area contributed by atoms with Crippen LogP contribution in [0.4, 0.5) is 15.8 Å². The van der Waals surface area contributed by atoms with E-state index in [1.807, 2.05) is 0 Å². The van der Waals surface area contributed by atoms with Gasteiger partial charge in [0.25, 0.3) is 0 Å². The standard InChI is InChI=1S/C16H17FN4O5/c1-20(2)13(14-4-3-7-26-14)9-18-15(22)16(23)19-10-5-6-11(17)12(8-10)21(24)25/h3-8,13H,9H2,1-2H3,(H,18,22)(H,19,23)/t13-/m0/s1. The van der Waals surface area contributed by atoms with Crippen LogP contribution in [-0.4, -0.2) is 42.3 Å². The molecule has 1 aromatic carbocycles. The van der Waals surface area contributed by atoms with Crippen LogP contribution in [-0.2, 0) is 9.59 Å². The number of nitrogens with one attached hydrogen (secondary N) is 2. The van der Waals surface area contributed by atoms with Crippen molar-refractivity contribution in [1.82, 2.24) is 10.2 Å². The lowest BCUT2D eigenvalue weighted by atomic mass is 10.2. The first-order valence-electron chi connectivity index (χ1n) is 7.52. The molecule has 0 bridgehead atoms. The molecule has 0 spiro atoms. The molecule has 2 N–H and O–H groups in total. The van der Waals surface area contributed by atoms with Gasteiger partial charge in [-0.2, -0.15) is 4.39 Å². The second kappa shape index (κ2) is 8.21. The number of furan rings is 1. The molecular weight excluding hydrogens is 347 g/mol. The molecule has 0 unspecified atom stereocenters. The van der Waals surface area contributed by atoms with E-state index in [-0.39, 0.29) is 18.3 Å². The Labute approximate surface area is 147 Å². The van der Waals surface area contributed by atoms with Crippen LogP contribution in [0, 0.1) is 15.9 Å². The molecule has 0 saturated heterocycles. The second-order valence-corrected chi connectivity index (χ2v) is 5.58. The molecule has 0 aliphatic heterocycles. The molecule has 0 saturated carbocycles. The normalized spacial score (nSPS) is 11.8. The predicted octanol–water partition coefficient (Wildman–Crippen LogP) is 1.68. The minimum Gasteiger partial charge on any atom is -0.468 e. The van der Waals surface area contributed by atoms with Gasteiger partial charge in [-0.3, -0.25) is 24.6 Å². The number of carbonyl (C=O) groups is 2. The molecule has 2 aromatic rings. The minimum absolute atomic E-state index is 0.0616. The van der Waals surface area contributed by atoms with Gasteiger partial charge < -0.3 is 15.1 Å². The van der Waals surface area contributed by atoms with E-state index in [1.165, 1.54) is 6.26 Å². The average Bonchev–Trinajstić information content (AvgIpc) is 3.10. The lowest BCUT2D eigenvalue weighted by Gasteiger charge is -2.22. The van der Waals surface area contributed by atoms with E-state index in [9.17, 15) is 24.1 Å². The first kappa shape index (κ1) is 19.1. The molecule has 0 radical (unpaired) electrons. The van der Waals surface area contributed by atoms with Crippen LogP contribution in [0.25, 0.3) is 0 Å². The summed E-state index contributed by atoms with van der Waals surface area (Å²) in [5.41, 5.74) is -0.859. The molecule has 0 fully saturated rings. The summed E-state index contributed by atoms with van der Waals surface area (Å²) in [4.78, 5) is 35.5. The SMILES string of the molecule is CN(C)[C@@H](CNC(=O)C(=O)Nc1ccc(F)c([N+](=O)[O-])c1)c1ccco1. The zero-order valence-electron chi connectivity index (χ0n) is 14.1. The number of rotatable bonds is 6. The molecule has 9 nitrogen and oxygen atoms in total. The van der Waals surface area contributed by atoms with Gasteiger partial charge in [0.2, 0.25) is 5.82 Å². The summed E-state index contributed by atoms with van der Waals surface area (Å²) in [6, 6.07) is 5.97. The number of benzene rings is 1. The van der Waals surface area contributed by atoms with Gasteiger partial charge in [0.1, 0.15) is 5.76 Å². The van der Waals surface area contributed by atoms with Crippen molar-refractivity contribution in [2.45, 2.75) is 6.04 Å². The lowest BCUT2D eigenvalue weighted by Crippen LogP contribution is -2.40. The highest BCUT2D eigenvalue weighted by atomic mass is 19.1. The van der Waals surface area contributed by atoms with Gasteiger partial charge in [-0.05, 0) is 38.4 Å². The number of likely N-dealkylation sites (N-methyl/N-ethyl adjacent to an activating group) is 1. The molecule has 0 aliphatic rings. The van der Waals surface area contributed by atoms with Gasteiger partial charge in [-0.15, -0.1) is 0 Å². The number of halogens is 1. The van der Waals surface area contributed by atoms with Crippen LogP contribution in [0.15, 0.2) is 41.0 Å². The molecular formula is C16H17FN4O5. The molecule has 138 valence electrons. The Morgan fingerprint density at radius 2 is 2.04 bits per heavy atom. The maximum Gasteiger partial charge on any atom is 0.313 e. The molecule has 0 aliphatic carbocycles. The Balaban J connectivity index is 1.98. The summed E-state index contributed by atoms with van der Waals surface area (Å²) < 4.78 is 18.6. The molecule has 2 rings (SSSR count). The fraction of sp³-hybridized carbons (Fsp3) is 0.250. The van der Waals surface area contributed by atoms with E-state index in [0.29, 0.717) is 5.76 Å². The molecule has 1 heterocycles. The van der Waals surface area contributed by atoms with Crippen LogP contribution in [0.5, 0.6) is 0 Å². The van der Waals surface area contributed by atoms with Gasteiger partial charge in [-0.25, -0.2) is 0 Å². The van der Waals surface area contributed by atoms with E-state index in [1.54, 1.807) is 31.1 Å². The quantitative estimate of drug-likeness (QED) is 0.457. The van der Waals surface area contributed by atoms with Crippen LogP contribution >= 0.6 is 0 Å². The van der Waals surface area contributed by atoms with Crippen molar-refractivity contribution in [2.75, 3.05) is 26.0 Å². The molecule has 1 aromatic heterocycles. The van der Waals surface area contributed by atoms with Crippen molar-refractivity contribution in [3.05, 3.63) is 58.3 Å². The number of hydrogen-bond donors (Lipinski definition) is 2. The van der Waals surface area contributed by atoms with E-state index in [0.717, 1.165) is 18.2 Å². The number of nitro benzene ring substituents is 1. The van der Waals surface area contributed by atoms with E-state index < -0.39 is 28.2 Å². The predicted molar refractivity (Wildman–Crippen MR) is 89.8 cm³/mol.